The Morgan fingerprint density at radius 2 is 2.14 bits per heavy atom. The Labute approximate surface area is 137 Å². The van der Waals surface area contributed by atoms with Crippen LogP contribution in [0.3, 0.4) is 0 Å². The second-order valence-corrected chi connectivity index (χ2v) is 6.86. The van der Waals surface area contributed by atoms with Crippen molar-refractivity contribution in [1.29, 1.82) is 0 Å². The molecule has 1 saturated heterocycles. The number of hydrogen-bond acceptors (Lipinski definition) is 7. The largest absolute Gasteiger partial charge is 0.343 e. The summed E-state index contributed by atoms with van der Waals surface area (Å²) in [6.07, 6.45) is 2.75. The molecule has 9 heteroatoms. The average molecular weight is 338 g/mol. The van der Waals surface area contributed by atoms with E-state index < -0.39 is 0 Å². The molecule has 1 fully saturated rings. The van der Waals surface area contributed by atoms with Crippen LogP contribution in [-0.4, -0.2) is 51.5 Å². The minimum absolute atomic E-state index is 0.0786. The van der Waals surface area contributed by atoms with Crippen molar-refractivity contribution in [2.24, 2.45) is 0 Å². The number of carbonyl (C=O) groups is 1. The number of aromatic nitrogens is 3. The highest BCUT2D eigenvalue weighted by Gasteiger charge is 2.23. The van der Waals surface area contributed by atoms with Crippen LogP contribution in [-0.2, 0) is 6.42 Å². The van der Waals surface area contributed by atoms with Crippen molar-refractivity contribution in [3.63, 3.8) is 0 Å². The number of nitrogens with zero attached hydrogens (tertiary/aromatic N) is 5. The molecular weight excluding hydrogens is 320 g/mol. The van der Waals surface area contributed by atoms with E-state index in [0.29, 0.717) is 18.2 Å². The van der Waals surface area contributed by atoms with Crippen LogP contribution in [0.15, 0.2) is 6.20 Å². The van der Waals surface area contributed by atoms with Crippen LogP contribution < -0.4 is 10.2 Å². The maximum Gasteiger partial charge on any atom is 0.323 e. The second kappa shape index (κ2) is 6.57. The number of carbonyl (C=O) groups excluding carboxylic acids is 1. The first-order valence-corrected chi connectivity index (χ1v) is 8.80. The maximum atomic E-state index is 12.2. The molecule has 0 radical (unpaired) electrons. The summed E-state index contributed by atoms with van der Waals surface area (Å²) in [6, 6.07) is -0.0786. The summed E-state index contributed by atoms with van der Waals surface area (Å²) >= 11 is 2.94. The second-order valence-electron chi connectivity index (χ2n) is 5.01. The van der Waals surface area contributed by atoms with Gasteiger partial charge in [-0.3, -0.25) is 5.32 Å². The Hall–Kier alpha value is -1.74. The Kier molecular flexibility index (Phi) is 4.53. The lowest BCUT2D eigenvalue weighted by atomic mass is 10.3. The number of amides is 2. The molecule has 22 heavy (non-hydrogen) atoms. The first kappa shape index (κ1) is 15.2. The molecule has 0 atom stereocenters. The topological polar surface area (TPSA) is 74.2 Å². The normalized spacial score (nSPS) is 15.2. The van der Waals surface area contributed by atoms with Gasteiger partial charge in [-0.15, -0.1) is 11.3 Å². The fraction of sp³-hybridized carbons (Fsp3) is 0.538. The predicted molar refractivity (Wildman–Crippen MR) is 88.9 cm³/mol. The van der Waals surface area contributed by atoms with Gasteiger partial charge in [-0.1, -0.05) is 6.92 Å². The standard InChI is InChI=1S/C13H18N6OS2/c1-3-10-8-14-11(21-10)16-12(20)18-4-6-19(7-5-18)13-15-9(2)17-22-13/h8H,3-7H2,1-2H3,(H,14,16,20). The summed E-state index contributed by atoms with van der Waals surface area (Å²) in [5, 5.41) is 4.48. The van der Waals surface area contributed by atoms with E-state index >= 15 is 0 Å². The van der Waals surface area contributed by atoms with Crippen molar-refractivity contribution in [3.8, 4) is 0 Å². The minimum Gasteiger partial charge on any atom is -0.343 e. The van der Waals surface area contributed by atoms with Gasteiger partial charge in [0.1, 0.15) is 5.82 Å². The Bertz CT molecular complexity index is 647. The van der Waals surface area contributed by atoms with Gasteiger partial charge in [0, 0.05) is 48.8 Å². The highest BCUT2D eigenvalue weighted by molar-refractivity contribution is 7.15. The van der Waals surface area contributed by atoms with E-state index in [2.05, 4.69) is 31.5 Å². The van der Waals surface area contributed by atoms with Crippen LogP contribution in [0.5, 0.6) is 0 Å². The molecule has 3 rings (SSSR count). The smallest absolute Gasteiger partial charge is 0.323 e. The average Bonchev–Trinajstić information content (AvgIpc) is 3.16. The van der Waals surface area contributed by atoms with Gasteiger partial charge in [0.2, 0.25) is 5.13 Å². The van der Waals surface area contributed by atoms with Crippen molar-refractivity contribution < 1.29 is 4.79 Å². The molecule has 0 spiro atoms. The lowest BCUT2D eigenvalue weighted by Gasteiger charge is -2.34. The van der Waals surface area contributed by atoms with Gasteiger partial charge in [0.25, 0.3) is 0 Å². The van der Waals surface area contributed by atoms with E-state index in [1.54, 1.807) is 0 Å². The number of urea groups is 1. The van der Waals surface area contributed by atoms with Crippen LogP contribution in [0.1, 0.15) is 17.6 Å². The zero-order valence-corrected chi connectivity index (χ0v) is 14.2. The molecule has 2 amide bonds. The molecule has 0 aliphatic carbocycles. The first-order valence-electron chi connectivity index (χ1n) is 7.21. The number of thiazole rings is 1. The van der Waals surface area contributed by atoms with E-state index in [1.165, 1.54) is 27.7 Å². The molecule has 0 saturated carbocycles. The molecule has 0 unspecified atom stereocenters. The Morgan fingerprint density at radius 1 is 1.36 bits per heavy atom. The highest BCUT2D eigenvalue weighted by Crippen LogP contribution is 2.21. The van der Waals surface area contributed by atoms with Gasteiger partial charge in [0.15, 0.2) is 5.13 Å². The number of rotatable bonds is 3. The van der Waals surface area contributed by atoms with Gasteiger partial charge < -0.3 is 9.80 Å². The number of piperazine rings is 1. The summed E-state index contributed by atoms with van der Waals surface area (Å²) in [5.74, 6) is 0.802. The first-order chi connectivity index (χ1) is 10.7. The quantitative estimate of drug-likeness (QED) is 0.929. The molecular formula is C13H18N6OS2. The summed E-state index contributed by atoms with van der Waals surface area (Å²) in [7, 11) is 0. The van der Waals surface area contributed by atoms with Crippen molar-refractivity contribution >= 4 is 39.2 Å². The monoisotopic (exact) mass is 338 g/mol. The lowest BCUT2D eigenvalue weighted by Crippen LogP contribution is -2.50. The summed E-state index contributed by atoms with van der Waals surface area (Å²) < 4.78 is 4.20. The fourth-order valence-corrected chi connectivity index (χ4v) is 3.68. The third kappa shape index (κ3) is 3.36. The van der Waals surface area contributed by atoms with Crippen molar-refractivity contribution in [1.82, 2.24) is 19.2 Å². The zero-order valence-electron chi connectivity index (χ0n) is 12.6. The minimum atomic E-state index is -0.0786. The van der Waals surface area contributed by atoms with E-state index in [4.69, 9.17) is 0 Å². The summed E-state index contributed by atoms with van der Waals surface area (Å²) in [6.45, 7) is 6.88. The summed E-state index contributed by atoms with van der Waals surface area (Å²) in [5.41, 5.74) is 0. The van der Waals surface area contributed by atoms with Gasteiger partial charge in [0.05, 0.1) is 0 Å². The Morgan fingerprint density at radius 3 is 2.73 bits per heavy atom. The van der Waals surface area contributed by atoms with Crippen molar-refractivity contribution in [3.05, 3.63) is 16.9 Å². The lowest BCUT2D eigenvalue weighted by molar-refractivity contribution is 0.208. The Balaban J connectivity index is 1.53. The third-order valence-corrected chi connectivity index (χ3v) is 5.40. The molecule has 2 aromatic heterocycles. The van der Waals surface area contributed by atoms with Gasteiger partial charge in [-0.25, -0.2) is 14.8 Å². The van der Waals surface area contributed by atoms with Crippen LogP contribution in [0.4, 0.5) is 15.1 Å². The zero-order chi connectivity index (χ0) is 15.5. The molecule has 1 N–H and O–H groups in total. The number of aryl methyl sites for hydroxylation is 2. The van der Waals surface area contributed by atoms with E-state index in [-0.39, 0.29) is 6.03 Å². The molecule has 2 aromatic rings. The van der Waals surface area contributed by atoms with Gasteiger partial charge >= 0.3 is 6.03 Å². The number of anilines is 2. The van der Waals surface area contributed by atoms with Crippen molar-refractivity contribution in [2.75, 3.05) is 36.4 Å². The predicted octanol–water partition coefficient (Wildman–Crippen LogP) is 2.22. The molecule has 0 aromatic carbocycles. The van der Waals surface area contributed by atoms with Crippen LogP contribution in [0, 0.1) is 6.92 Å². The highest BCUT2D eigenvalue weighted by atomic mass is 32.1. The SMILES string of the molecule is CCc1cnc(NC(=O)N2CCN(c3nc(C)ns3)CC2)s1. The molecule has 118 valence electrons. The molecule has 1 aliphatic heterocycles. The van der Waals surface area contributed by atoms with E-state index in [1.807, 2.05) is 18.0 Å². The van der Waals surface area contributed by atoms with Crippen LogP contribution in [0.2, 0.25) is 0 Å². The number of hydrogen-bond donors (Lipinski definition) is 1. The third-order valence-electron chi connectivity index (χ3n) is 3.47. The van der Waals surface area contributed by atoms with Crippen LogP contribution >= 0.6 is 22.9 Å². The van der Waals surface area contributed by atoms with Crippen molar-refractivity contribution in [2.45, 2.75) is 20.3 Å². The summed E-state index contributed by atoms with van der Waals surface area (Å²) in [4.78, 5) is 26.0. The molecule has 1 aliphatic rings. The molecule has 3 heterocycles. The van der Waals surface area contributed by atoms with Gasteiger partial charge in [-0.05, 0) is 13.3 Å². The van der Waals surface area contributed by atoms with Crippen LogP contribution in [0.25, 0.3) is 0 Å². The van der Waals surface area contributed by atoms with E-state index in [9.17, 15) is 4.79 Å². The fourth-order valence-electron chi connectivity index (χ4n) is 2.21. The maximum absolute atomic E-state index is 12.2. The van der Waals surface area contributed by atoms with Gasteiger partial charge in [-0.2, -0.15) is 4.37 Å². The van der Waals surface area contributed by atoms with E-state index in [0.717, 1.165) is 30.5 Å². The number of nitrogens with one attached hydrogen (secondary N) is 1. The molecule has 0 bridgehead atoms. The molecule has 7 nitrogen and oxygen atoms in total.